The fraction of sp³-hybridized carbons (Fsp3) is 0.0667. The molecule has 0 aliphatic heterocycles. The van der Waals surface area contributed by atoms with Gasteiger partial charge in [-0.1, -0.05) is 18.2 Å². The van der Waals surface area contributed by atoms with Crippen LogP contribution in [0.25, 0.3) is 22.2 Å². The van der Waals surface area contributed by atoms with Crippen molar-refractivity contribution >= 4 is 16.7 Å². The summed E-state index contributed by atoms with van der Waals surface area (Å²) in [6.45, 7) is 0. The number of rotatable bonds is 2. The minimum atomic E-state index is 0.502. The van der Waals surface area contributed by atoms with Gasteiger partial charge in [-0.2, -0.15) is 0 Å². The van der Waals surface area contributed by atoms with Crippen LogP contribution in [0.3, 0.4) is 0 Å². The summed E-state index contributed by atoms with van der Waals surface area (Å²) in [5, 5.41) is 1.05. The van der Waals surface area contributed by atoms with Crippen molar-refractivity contribution in [2.45, 2.75) is 0 Å². The third-order valence-electron chi connectivity index (χ3n) is 2.99. The molecule has 2 aromatic heterocycles. The van der Waals surface area contributed by atoms with Gasteiger partial charge in [0.1, 0.15) is 17.1 Å². The third-order valence-corrected chi connectivity index (χ3v) is 2.99. The quantitative estimate of drug-likeness (QED) is 0.760. The van der Waals surface area contributed by atoms with Crippen LogP contribution in [0.1, 0.15) is 0 Å². The maximum absolute atomic E-state index is 5.59. The topological polar surface area (TPSA) is 61.0 Å². The molecule has 2 heterocycles. The number of para-hydroxylation sites is 1. The number of hydrogen-bond acceptors (Lipinski definition) is 4. The molecule has 0 bridgehead atoms. The lowest BCUT2D eigenvalue weighted by Crippen LogP contribution is -1.92. The Balaban J connectivity index is 2.18. The van der Waals surface area contributed by atoms with E-state index in [1.165, 1.54) is 0 Å². The smallest absolute Gasteiger partial charge is 0.145 e. The molecule has 94 valence electrons. The van der Waals surface area contributed by atoms with Gasteiger partial charge in [0.2, 0.25) is 0 Å². The van der Waals surface area contributed by atoms with Gasteiger partial charge in [-0.3, -0.25) is 0 Å². The summed E-state index contributed by atoms with van der Waals surface area (Å²) in [5.41, 5.74) is 8.22. The van der Waals surface area contributed by atoms with Crippen molar-refractivity contribution in [2.24, 2.45) is 0 Å². The molecular formula is C15H13N3O. The number of ether oxygens (including phenoxy) is 1. The van der Waals surface area contributed by atoms with E-state index in [9.17, 15) is 0 Å². The number of pyridine rings is 2. The predicted molar refractivity (Wildman–Crippen MR) is 75.9 cm³/mol. The van der Waals surface area contributed by atoms with Crippen molar-refractivity contribution in [3.63, 3.8) is 0 Å². The molecule has 0 spiro atoms. The summed E-state index contributed by atoms with van der Waals surface area (Å²) in [6.07, 6.45) is 1.72. The van der Waals surface area contributed by atoms with Crippen LogP contribution in [0.5, 0.6) is 5.75 Å². The number of aromatic nitrogens is 2. The number of anilines is 1. The zero-order chi connectivity index (χ0) is 13.2. The van der Waals surface area contributed by atoms with Gasteiger partial charge in [0.05, 0.1) is 12.8 Å². The number of nitrogens with two attached hydrogens (primary N) is 1. The Kier molecular flexibility index (Phi) is 2.76. The van der Waals surface area contributed by atoms with Crippen LogP contribution in [-0.4, -0.2) is 17.1 Å². The molecule has 3 rings (SSSR count). The molecule has 1 aromatic carbocycles. The average molecular weight is 251 g/mol. The number of fused-ring (bicyclic) bond motifs is 1. The number of nitrogen functional groups attached to an aromatic ring is 1. The van der Waals surface area contributed by atoms with E-state index in [0.29, 0.717) is 5.82 Å². The first-order valence-corrected chi connectivity index (χ1v) is 5.93. The number of methoxy groups -OCH3 is 1. The van der Waals surface area contributed by atoms with Gasteiger partial charge < -0.3 is 10.5 Å². The summed E-state index contributed by atoms with van der Waals surface area (Å²) >= 11 is 0. The zero-order valence-corrected chi connectivity index (χ0v) is 10.5. The van der Waals surface area contributed by atoms with E-state index in [1.54, 1.807) is 19.4 Å². The molecule has 0 atom stereocenters. The van der Waals surface area contributed by atoms with E-state index < -0.39 is 0 Å². The van der Waals surface area contributed by atoms with Gasteiger partial charge in [0.25, 0.3) is 0 Å². The molecule has 0 aliphatic carbocycles. The largest absolute Gasteiger partial charge is 0.494 e. The van der Waals surface area contributed by atoms with E-state index in [1.807, 2.05) is 36.4 Å². The van der Waals surface area contributed by atoms with E-state index >= 15 is 0 Å². The van der Waals surface area contributed by atoms with Crippen molar-refractivity contribution in [3.05, 3.63) is 48.7 Å². The third kappa shape index (κ3) is 2.08. The Hall–Kier alpha value is -2.62. The maximum atomic E-state index is 5.59. The van der Waals surface area contributed by atoms with Crippen molar-refractivity contribution < 1.29 is 4.74 Å². The molecule has 0 saturated heterocycles. The van der Waals surface area contributed by atoms with Crippen LogP contribution < -0.4 is 10.5 Å². The molecule has 3 aromatic rings. The second-order valence-electron chi connectivity index (χ2n) is 4.20. The number of benzene rings is 1. The summed E-state index contributed by atoms with van der Waals surface area (Å²) in [5.74, 6) is 1.27. The maximum Gasteiger partial charge on any atom is 0.145 e. The molecule has 0 aliphatic rings. The number of hydrogen-bond donors (Lipinski definition) is 1. The van der Waals surface area contributed by atoms with E-state index in [0.717, 1.165) is 27.9 Å². The van der Waals surface area contributed by atoms with Gasteiger partial charge in [-0.25, -0.2) is 9.97 Å². The van der Waals surface area contributed by atoms with E-state index in [4.69, 9.17) is 10.5 Å². The summed E-state index contributed by atoms with van der Waals surface area (Å²) in [6, 6.07) is 13.5. The molecule has 2 N–H and O–H groups in total. The van der Waals surface area contributed by atoms with E-state index in [-0.39, 0.29) is 0 Å². The van der Waals surface area contributed by atoms with Crippen molar-refractivity contribution in [1.82, 2.24) is 9.97 Å². The van der Waals surface area contributed by atoms with Crippen LogP contribution in [0.2, 0.25) is 0 Å². The highest BCUT2D eigenvalue weighted by molar-refractivity contribution is 5.86. The van der Waals surface area contributed by atoms with Crippen LogP contribution in [0.15, 0.2) is 48.7 Å². The summed E-state index contributed by atoms with van der Waals surface area (Å²) in [4.78, 5) is 8.72. The van der Waals surface area contributed by atoms with Crippen molar-refractivity contribution in [2.75, 3.05) is 12.8 Å². The van der Waals surface area contributed by atoms with Crippen molar-refractivity contribution in [1.29, 1.82) is 0 Å². The van der Waals surface area contributed by atoms with Crippen LogP contribution in [0.4, 0.5) is 5.82 Å². The Labute approximate surface area is 110 Å². The molecule has 0 amide bonds. The van der Waals surface area contributed by atoms with E-state index in [2.05, 4.69) is 9.97 Å². The highest BCUT2D eigenvalue weighted by Crippen LogP contribution is 2.26. The highest BCUT2D eigenvalue weighted by Gasteiger charge is 2.05. The lowest BCUT2D eigenvalue weighted by molar-refractivity contribution is 0.419. The average Bonchev–Trinajstić information content (AvgIpc) is 2.47. The standard InChI is InChI=1S/C15H13N3O/c1-19-13-4-2-3-10-5-7-12(18-15(10)13)11-6-8-14(16)17-9-11/h2-9H,1H3,(H2,16,17). The molecular weight excluding hydrogens is 238 g/mol. The van der Waals surface area contributed by atoms with Gasteiger partial charge in [-0.15, -0.1) is 0 Å². The lowest BCUT2D eigenvalue weighted by Gasteiger charge is -2.07. The second kappa shape index (κ2) is 4.57. The fourth-order valence-corrected chi connectivity index (χ4v) is 2.00. The van der Waals surface area contributed by atoms with Gasteiger partial charge >= 0.3 is 0 Å². The molecule has 4 nitrogen and oxygen atoms in total. The summed E-state index contributed by atoms with van der Waals surface area (Å²) < 4.78 is 5.34. The van der Waals surface area contributed by atoms with Gasteiger partial charge in [0.15, 0.2) is 0 Å². The minimum Gasteiger partial charge on any atom is -0.494 e. The Morgan fingerprint density at radius 3 is 2.68 bits per heavy atom. The predicted octanol–water partition coefficient (Wildman–Crippen LogP) is 2.89. The Morgan fingerprint density at radius 1 is 1.05 bits per heavy atom. The first-order valence-electron chi connectivity index (χ1n) is 5.93. The first kappa shape index (κ1) is 11.5. The number of nitrogens with zero attached hydrogens (tertiary/aromatic N) is 2. The summed E-state index contributed by atoms with van der Waals surface area (Å²) in [7, 11) is 1.65. The van der Waals surface area contributed by atoms with Crippen molar-refractivity contribution in [3.8, 4) is 17.0 Å². The normalized spacial score (nSPS) is 10.6. The van der Waals surface area contributed by atoms with Crippen LogP contribution in [0, 0.1) is 0 Å². The zero-order valence-electron chi connectivity index (χ0n) is 10.5. The molecule has 0 saturated carbocycles. The van der Waals surface area contributed by atoms with Gasteiger partial charge in [-0.05, 0) is 24.3 Å². The first-order chi connectivity index (χ1) is 9.28. The Bertz CT molecular complexity index is 723. The van der Waals surface area contributed by atoms with Gasteiger partial charge in [0, 0.05) is 17.1 Å². The molecule has 0 fully saturated rings. The second-order valence-corrected chi connectivity index (χ2v) is 4.20. The lowest BCUT2D eigenvalue weighted by atomic mass is 10.1. The van der Waals surface area contributed by atoms with Crippen LogP contribution in [-0.2, 0) is 0 Å². The molecule has 19 heavy (non-hydrogen) atoms. The fourth-order valence-electron chi connectivity index (χ4n) is 2.00. The SMILES string of the molecule is COc1cccc2ccc(-c3ccc(N)nc3)nc12. The highest BCUT2D eigenvalue weighted by atomic mass is 16.5. The minimum absolute atomic E-state index is 0.502. The molecule has 0 radical (unpaired) electrons. The Morgan fingerprint density at radius 2 is 1.95 bits per heavy atom. The molecule has 4 heteroatoms. The monoisotopic (exact) mass is 251 g/mol. The van der Waals surface area contributed by atoms with Crippen LogP contribution >= 0.6 is 0 Å². The molecule has 0 unspecified atom stereocenters.